The van der Waals surface area contributed by atoms with Crippen LogP contribution in [0.15, 0.2) is 66.7 Å². The van der Waals surface area contributed by atoms with Gasteiger partial charge in [-0.1, -0.05) is 18.7 Å². The summed E-state index contributed by atoms with van der Waals surface area (Å²) in [6.07, 6.45) is 4.29. The van der Waals surface area contributed by atoms with Gasteiger partial charge < -0.3 is 29.7 Å². The fraction of sp³-hybridized carbons (Fsp3) is 0.258. The van der Waals surface area contributed by atoms with Gasteiger partial charge in [-0.3, -0.25) is 19.4 Å². The van der Waals surface area contributed by atoms with Gasteiger partial charge in [-0.05, 0) is 48.7 Å². The van der Waals surface area contributed by atoms with E-state index in [0.29, 0.717) is 59.6 Å². The molecule has 0 saturated carbocycles. The summed E-state index contributed by atoms with van der Waals surface area (Å²) in [5.41, 5.74) is 1.71. The SMILES string of the molecule is C=CC(=O)NC1CCN(C(=O)c2csc(NC(=O)Cc3cccc(Oc4ccnc5cc(OC)c(OC)cc45)c3)n2)CC1. The van der Waals surface area contributed by atoms with Crippen LogP contribution in [0, 0.1) is 0 Å². The first-order valence-electron chi connectivity index (χ1n) is 13.6. The van der Waals surface area contributed by atoms with Crippen molar-refractivity contribution in [2.24, 2.45) is 0 Å². The molecule has 2 aromatic heterocycles. The van der Waals surface area contributed by atoms with Crippen molar-refractivity contribution in [1.82, 2.24) is 20.2 Å². The minimum absolute atomic E-state index is 0.0143. The lowest BCUT2D eigenvalue weighted by Gasteiger charge is -2.31. The zero-order chi connectivity index (χ0) is 30.3. The zero-order valence-electron chi connectivity index (χ0n) is 23.8. The van der Waals surface area contributed by atoms with Gasteiger partial charge >= 0.3 is 0 Å². The van der Waals surface area contributed by atoms with Crippen LogP contribution in [0.5, 0.6) is 23.0 Å². The number of carbonyl (C=O) groups is 3. The molecule has 2 aromatic carbocycles. The largest absolute Gasteiger partial charge is 0.493 e. The van der Waals surface area contributed by atoms with Crippen molar-refractivity contribution in [3.63, 3.8) is 0 Å². The fourth-order valence-corrected chi connectivity index (χ4v) is 5.51. The van der Waals surface area contributed by atoms with E-state index in [2.05, 4.69) is 27.2 Å². The number of hydrogen-bond donors (Lipinski definition) is 2. The van der Waals surface area contributed by atoms with Crippen molar-refractivity contribution in [1.29, 1.82) is 0 Å². The molecule has 0 unspecified atom stereocenters. The number of amides is 3. The van der Waals surface area contributed by atoms with E-state index in [1.54, 1.807) is 48.9 Å². The molecule has 11 nitrogen and oxygen atoms in total. The normalized spacial score (nSPS) is 13.3. The molecule has 12 heteroatoms. The van der Waals surface area contributed by atoms with Crippen LogP contribution in [0.4, 0.5) is 5.13 Å². The van der Waals surface area contributed by atoms with Gasteiger partial charge in [0.1, 0.15) is 17.2 Å². The third-order valence-electron chi connectivity index (χ3n) is 6.98. The molecule has 2 N–H and O–H groups in total. The zero-order valence-corrected chi connectivity index (χ0v) is 24.6. The van der Waals surface area contributed by atoms with E-state index >= 15 is 0 Å². The second-order valence-corrected chi connectivity index (χ2v) is 10.7. The number of aromatic nitrogens is 2. The second-order valence-electron chi connectivity index (χ2n) is 9.82. The van der Waals surface area contributed by atoms with Gasteiger partial charge in [0.05, 0.1) is 26.2 Å². The van der Waals surface area contributed by atoms with Crippen LogP contribution in [0.3, 0.4) is 0 Å². The number of carbonyl (C=O) groups excluding carboxylic acids is 3. The van der Waals surface area contributed by atoms with Crippen LogP contribution in [-0.4, -0.2) is 65.9 Å². The molecule has 0 spiro atoms. The summed E-state index contributed by atoms with van der Waals surface area (Å²) in [7, 11) is 3.14. The molecule has 0 bridgehead atoms. The van der Waals surface area contributed by atoms with Crippen LogP contribution in [0.25, 0.3) is 10.9 Å². The third kappa shape index (κ3) is 7.09. The van der Waals surface area contributed by atoms with Crippen molar-refractivity contribution in [2.45, 2.75) is 25.3 Å². The van der Waals surface area contributed by atoms with E-state index < -0.39 is 0 Å². The molecular weight excluding hydrogens is 570 g/mol. The first kappa shape index (κ1) is 29.5. The van der Waals surface area contributed by atoms with Crippen LogP contribution in [-0.2, 0) is 16.0 Å². The van der Waals surface area contributed by atoms with E-state index in [0.717, 1.165) is 10.9 Å². The molecule has 3 amide bonds. The Balaban J connectivity index is 1.19. The number of nitrogens with zero attached hydrogens (tertiary/aromatic N) is 3. The Morgan fingerprint density at radius 2 is 1.84 bits per heavy atom. The molecule has 1 fully saturated rings. The van der Waals surface area contributed by atoms with Gasteiger partial charge in [0.2, 0.25) is 11.8 Å². The van der Waals surface area contributed by atoms with Gasteiger partial charge in [0, 0.05) is 42.2 Å². The fourth-order valence-electron chi connectivity index (χ4n) is 4.81. The highest BCUT2D eigenvalue weighted by molar-refractivity contribution is 7.14. The third-order valence-corrected chi connectivity index (χ3v) is 7.74. The smallest absolute Gasteiger partial charge is 0.273 e. The van der Waals surface area contributed by atoms with E-state index in [1.807, 2.05) is 24.3 Å². The number of pyridine rings is 1. The molecule has 1 aliphatic rings. The summed E-state index contributed by atoms with van der Waals surface area (Å²) < 4.78 is 17.0. The molecule has 5 rings (SSSR count). The summed E-state index contributed by atoms with van der Waals surface area (Å²) in [4.78, 5) is 47.7. The Morgan fingerprint density at radius 1 is 1.07 bits per heavy atom. The highest BCUT2D eigenvalue weighted by Gasteiger charge is 2.26. The minimum atomic E-state index is -0.268. The van der Waals surface area contributed by atoms with Gasteiger partial charge in [-0.2, -0.15) is 0 Å². The van der Waals surface area contributed by atoms with Crippen LogP contribution >= 0.6 is 11.3 Å². The number of piperidine rings is 1. The summed E-state index contributed by atoms with van der Waals surface area (Å²) >= 11 is 1.20. The molecule has 0 atom stereocenters. The van der Waals surface area contributed by atoms with Crippen molar-refractivity contribution in [3.8, 4) is 23.0 Å². The molecule has 4 aromatic rings. The second kappa shape index (κ2) is 13.3. The molecular formula is C31H31N5O6S. The Labute approximate surface area is 252 Å². The lowest BCUT2D eigenvalue weighted by Crippen LogP contribution is -2.46. The van der Waals surface area contributed by atoms with Gasteiger partial charge in [-0.15, -0.1) is 11.3 Å². The lowest BCUT2D eigenvalue weighted by atomic mass is 10.0. The van der Waals surface area contributed by atoms with Gasteiger partial charge in [0.25, 0.3) is 5.91 Å². The average Bonchev–Trinajstić information content (AvgIpc) is 3.48. The summed E-state index contributed by atoms with van der Waals surface area (Å²) in [5.74, 6) is 1.59. The van der Waals surface area contributed by atoms with Crippen LogP contribution < -0.4 is 24.8 Å². The maximum absolute atomic E-state index is 12.9. The molecule has 1 aliphatic heterocycles. The minimum Gasteiger partial charge on any atom is -0.493 e. The van der Waals surface area contributed by atoms with Crippen LogP contribution in [0.1, 0.15) is 28.9 Å². The lowest BCUT2D eigenvalue weighted by molar-refractivity contribution is -0.117. The van der Waals surface area contributed by atoms with Gasteiger partial charge in [0.15, 0.2) is 16.6 Å². The molecule has 1 saturated heterocycles. The Kier molecular flexibility index (Phi) is 9.16. The Hall–Kier alpha value is -4.97. The van der Waals surface area contributed by atoms with E-state index in [1.165, 1.54) is 17.4 Å². The number of fused-ring (bicyclic) bond motifs is 1. The number of benzene rings is 2. The number of hydrogen-bond acceptors (Lipinski definition) is 9. The van der Waals surface area contributed by atoms with E-state index in [-0.39, 0.29) is 35.9 Å². The first-order chi connectivity index (χ1) is 20.9. The van der Waals surface area contributed by atoms with Gasteiger partial charge in [-0.25, -0.2) is 4.98 Å². The Bertz CT molecular complexity index is 1660. The molecule has 3 heterocycles. The number of nitrogens with one attached hydrogen (secondary N) is 2. The number of thiazole rings is 1. The summed E-state index contributed by atoms with van der Waals surface area (Å²) in [5, 5.41) is 8.40. The number of ether oxygens (including phenoxy) is 3. The standard InChI is InChI=1S/C31H31N5O6S/c1-4-28(37)33-20-9-12-36(13-10-20)30(39)24-18-43-31(34-24)35-29(38)15-19-6-5-7-21(14-19)42-25-8-11-32-23-17-27(41-3)26(40-2)16-22(23)25/h4-8,11,14,16-18,20H,1,9-10,12-13,15H2,2-3H3,(H,33,37)(H,34,35,38). The van der Waals surface area contributed by atoms with Crippen molar-refractivity contribution < 1.29 is 28.6 Å². The molecule has 43 heavy (non-hydrogen) atoms. The quantitative estimate of drug-likeness (QED) is 0.252. The number of methoxy groups -OCH3 is 2. The summed E-state index contributed by atoms with van der Waals surface area (Å²) in [6, 6.07) is 12.6. The highest BCUT2D eigenvalue weighted by atomic mass is 32.1. The molecule has 0 aliphatic carbocycles. The van der Waals surface area contributed by atoms with E-state index in [4.69, 9.17) is 14.2 Å². The van der Waals surface area contributed by atoms with Crippen LogP contribution in [0.2, 0.25) is 0 Å². The number of rotatable bonds is 10. The predicted octanol–water partition coefficient (Wildman–Crippen LogP) is 4.59. The first-order valence-corrected chi connectivity index (χ1v) is 14.5. The summed E-state index contributed by atoms with van der Waals surface area (Å²) in [6.45, 7) is 4.48. The topological polar surface area (TPSA) is 132 Å². The number of anilines is 1. The monoisotopic (exact) mass is 601 g/mol. The number of likely N-dealkylation sites (tertiary alicyclic amines) is 1. The highest BCUT2D eigenvalue weighted by Crippen LogP contribution is 2.37. The van der Waals surface area contributed by atoms with Crippen molar-refractivity contribution >= 4 is 45.1 Å². The maximum Gasteiger partial charge on any atom is 0.273 e. The molecule has 222 valence electrons. The average molecular weight is 602 g/mol. The van der Waals surface area contributed by atoms with E-state index in [9.17, 15) is 14.4 Å². The Morgan fingerprint density at radius 3 is 2.58 bits per heavy atom. The maximum atomic E-state index is 12.9. The van der Waals surface area contributed by atoms with Crippen molar-refractivity contribution in [3.05, 3.63) is 78.0 Å². The predicted molar refractivity (Wildman–Crippen MR) is 163 cm³/mol. The van der Waals surface area contributed by atoms with Crippen molar-refractivity contribution in [2.75, 3.05) is 32.6 Å². The molecule has 0 radical (unpaired) electrons.